The Morgan fingerprint density at radius 2 is 2.29 bits per heavy atom. The minimum Gasteiger partial charge on any atom is -0.362 e. The third-order valence-electron chi connectivity index (χ3n) is 0.773. The summed E-state index contributed by atoms with van der Waals surface area (Å²) in [6.07, 6.45) is 7.63. The maximum atomic E-state index is 3.66. The van der Waals surface area contributed by atoms with E-state index in [0.717, 1.165) is 5.70 Å². The van der Waals surface area contributed by atoms with Crippen LogP contribution in [0.25, 0.3) is 0 Å². The van der Waals surface area contributed by atoms with E-state index in [2.05, 4.69) is 11.9 Å². The number of hydrogen-bond acceptors (Lipinski definition) is 1. The van der Waals surface area contributed by atoms with Gasteiger partial charge in [-0.15, -0.1) is 0 Å². The summed E-state index contributed by atoms with van der Waals surface area (Å²) in [6.45, 7) is 3.66. The van der Waals surface area contributed by atoms with E-state index in [1.807, 2.05) is 24.4 Å². The number of dihydropyridines is 1. The van der Waals surface area contributed by atoms with Gasteiger partial charge < -0.3 is 5.32 Å². The maximum Gasteiger partial charge on any atom is 0.0306 e. The van der Waals surface area contributed by atoms with Crippen LogP contribution in [0.3, 0.4) is 0 Å². The van der Waals surface area contributed by atoms with Gasteiger partial charge in [-0.2, -0.15) is 0 Å². The molecular weight excluding hydrogens is 86.1 g/mol. The zero-order valence-corrected chi connectivity index (χ0v) is 4.02. The van der Waals surface area contributed by atoms with E-state index in [0.29, 0.717) is 0 Å². The molecular formula is C6H7N. The number of allylic oxidation sites excluding steroid dienone is 3. The lowest BCUT2D eigenvalue weighted by Crippen LogP contribution is -2.01. The molecule has 0 fully saturated rings. The summed E-state index contributed by atoms with van der Waals surface area (Å²) in [6, 6.07) is 0. The molecule has 1 aliphatic heterocycles. The Hall–Kier alpha value is -0.980. The van der Waals surface area contributed by atoms with Crippen LogP contribution in [0, 0.1) is 0 Å². The molecule has 1 heterocycles. The van der Waals surface area contributed by atoms with Gasteiger partial charge in [0.2, 0.25) is 0 Å². The average molecular weight is 93.1 g/mol. The fourth-order valence-electron chi connectivity index (χ4n) is 0.431. The van der Waals surface area contributed by atoms with E-state index >= 15 is 0 Å². The quantitative estimate of drug-likeness (QED) is 0.474. The first kappa shape index (κ1) is 4.19. The molecule has 1 N–H and O–H groups in total. The van der Waals surface area contributed by atoms with Gasteiger partial charge in [-0.05, 0) is 12.2 Å². The van der Waals surface area contributed by atoms with Crippen molar-refractivity contribution in [2.45, 2.75) is 0 Å². The van der Waals surface area contributed by atoms with Gasteiger partial charge in [0, 0.05) is 11.9 Å². The van der Waals surface area contributed by atoms with Crippen molar-refractivity contribution in [3.05, 3.63) is 36.7 Å². The fourth-order valence-corrected chi connectivity index (χ4v) is 0.431. The van der Waals surface area contributed by atoms with Crippen molar-refractivity contribution in [2.24, 2.45) is 0 Å². The third-order valence-corrected chi connectivity index (χ3v) is 0.773. The highest BCUT2D eigenvalue weighted by Crippen LogP contribution is 1.92. The van der Waals surface area contributed by atoms with Crippen molar-refractivity contribution in [1.82, 2.24) is 5.32 Å². The molecule has 0 aliphatic carbocycles. The summed E-state index contributed by atoms with van der Waals surface area (Å²) in [5.74, 6) is 0. The van der Waals surface area contributed by atoms with Crippen LogP contribution < -0.4 is 5.32 Å². The summed E-state index contributed by atoms with van der Waals surface area (Å²) in [4.78, 5) is 0. The first-order valence-corrected chi connectivity index (χ1v) is 2.18. The van der Waals surface area contributed by atoms with Gasteiger partial charge in [-0.1, -0.05) is 12.7 Å². The second kappa shape index (κ2) is 1.65. The number of nitrogens with one attached hydrogen (secondary N) is 1. The SMILES string of the molecule is C=C1C=CC=CN1. The van der Waals surface area contributed by atoms with E-state index < -0.39 is 0 Å². The zero-order chi connectivity index (χ0) is 5.11. The molecule has 1 aliphatic rings. The molecule has 0 saturated carbocycles. The minimum absolute atomic E-state index is 0.947. The summed E-state index contributed by atoms with van der Waals surface area (Å²) < 4.78 is 0. The molecule has 0 bridgehead atoms. The lowest BCUT2D eigenvalue weighted by molar-refractivity contribution is 1.11. The molecule has 0 radical (unpaired) electrons. The number of hydrogen-bond donors (Lipinski definition) is 1. The van der Waals surface area contributed by atoms with Gasteiger partial charge >= 0.3 is 0 Å². The van der Waals surface area contributed by atoms with Crippen LogP contribution >= 0.6 is 0 Å². The average Bonchev–Trinajstić information content (AvgIpc) is 1.69. The second-order valence-electron chi connectivity index (χ2n) is 1.39. The van der Waals surface area contributed by atoms with Gasteiger partial charge in [0.1, 0.15) is 0 Å². The van der Waals surface area contributed by atoms with Crippen LogP contribution in [0.2, 0.25) is 0 Å². The minimum atomic E-state index is 0.947. The lowest BCUT2D eigenvalue weighted by atomic mass is 10.3. The van der Waals surface area contributed by atoms with E-state index in [4.69, 9.17) is 0 Å². The van der Waals surface area contributed by atoms with E-state index in [9.17, 15) is 0 Å². The largest absolute Gasteiger partial charge is 0.362 e. The Morgan fingerprint density at radius 1 is 1.43 bits per heavy atom. The molecule has 0 spiro atoms. The first-order chi connectivity index (χ1) is 3.39. The molecule has 0 aromatic rings. The topological polar surface area (TPSA) is 12.0 Å². The van der Waals surface area contributed by atoms with Gasteiger partial charge in [0.05, 0.1) is 0 Å². The molecule has 1 rings (SSSR count). The molecule has 0 atom stereocenters. The lowest BCUT2D eigenvalue weighted by Gasteiger charge is -1.99. The Kier molecular flexibility index (Phi) is 0.984. The predicted molar refractivity (Wildman–Crippen MR) is 30.6 cm³/mol. The highest BCUT2D eigenvalue weighted by molar-refractivity contribution is 5.23. The van der Waals surface area contributed by atoms with Crippen molar-refractivity contribution in [2.75, 3.05) is 0 Å². The Bertz CT molecular complexity index is 131. The molecule has 0 unspecified atom stereocenters. The van der Waals surface area contributed by atoms with Gasteiger partial charge in [0.15, 0.2) is 0 Å². The van der Waals surface area contributed by atoms with Crippen LogP contribution in [0.4, 0.5) is 0 Å². The molecule has 36 valence electrons. The van der Waals surface area contributed by atoms with Crippen LogP contribution in [0.1, 0.15) is 0 Å². The van der Waals surface area contributed by atoms with Crippen molar-refractivity contribution in [3.63, 3.8) is 0 Å². The molecule has 0 saturated heterocycles. The van der Waals surface area contributed by atoms with Crippen molar-refractivity contribution < 1.29 is 0 Å². The van der Waals surface area contributed by atoms with Gasteiger partial charge in [0.25, 0.3) is 0 Å². The van der Waals surface area contributed by atoms with Crippen LogP contribution in [0.15, 0.2) is 36.7 Å². The van der Waals surface area contributed by atoms with E-state index in [1.165, 1.54) is 0 Å². The molecule has 1 heteroatoms. The molecule has 0 amide bonds. The number of rotatable bonds is 0. The zero-order valence-electron chi connectivity index (χ0n) is 4.02. The summed E-state index contributed by atoms with van der Waals surface area (Å²) in [5.41, 5.74) is 0.947. The van der Waals surface area contributed by atoms with Crippen molar-refractivity contribution in [1.29, 1.82) is 0 Å². The van der Waals surface area contributed by atoms with Crippen LogP contribution in [-0.2, 0) is 0 Å². The Balaban J connectivity index is 2.66. The smallest absolute Gasteiger partial charge is 0.0306 e. The van der Waals surface area contributed by atoms with E-state index in [-0.39, 0.29) is 0 Å². The molecule has 1 nitrogen and oxygen atoms in total. The van der Waals surface area contributed by atoms with Crippen molar-refractivity contribution >= 4 is 0 Å². The predicted octanol–water partition coefficient (Wildman–Crippen LogP) is 1.17. The monoisotopic (exact) mass is 93.1 g/mol. The van der Waals surface area contributed by atoms with E-state index in [1.54, 1.807) is 0 Å². The normalized spacial score (nSPS) is 16.9. The molecule has 0 aromatic carbocycles. The Morgan fingerprint density at radius 3 is 2.57 bits per heavy atom. The Labute approximate surface area is 43.0 Å². The summed E-state index contributed by atoms with van der Waals surface area (Å²) >= 11 is 0. The van der Waals surface area contributed by atoms with Gasteiger partial charge in [-0.3, -0.25) is 0 Å². The third kappa shape index (κ3) is 0.929. The molecule has 0 aromatic heterocycles. The fraction of sp³-hybridized carbons (Fsp3) is 0. The van der Waals surface area contributed by atoms with Crippen LogP contribution in [0.5, 0.6) is 0 Å². The van der Waals surface area contributed by atoms with Gasteiger partial charge in [-0.25, -0.2) is 0 Å². The highest BCUT2D eigenvalue weighted by Gasteiger charge is 1.81. The van der Waals surface area contributed by atoms with Crippen molar-refractivity contribution in [3.8, 4) is 0 Å². The summed E-state index contributed by atoms with van der Waals surface area (Å²) in [7, 11) is 0. The first-order valence-electron chi connectivity index (χ1n) is 2.18. The highest BCUT2D eigenvalue weighted by atomic mass is 14.8. The second-order valence-corrected chi connectivity index (χ2v) is 1.39. The summed E-state index contributed by atoms with van der Waals surface area (Å²) in [5, 5.41) is 2.92. The molecule has 7 heavy (non-hydrogen) atoms. The van der Waals surface area contributed by atoms with Crippen LogP contribution in [-0.4, -0.2) is 0 Å². The standard InChI is InChI=1S/C6H7N/c1-6-4-2-3-5-7-6/h2-5,7H,1H2. The maximum absolute atomic E-state index is 3.66.